The lowest BCUT2D eigenvalue weighted by Gasteiger charge is -2.10. The Hall–Kier alpha value is -2.35. The van der Waals surface area contributed by atoms with Crippen molar-refractivity contribution >= 4 is 22.4 Å². The molecule has 3 aromatic rings. The van der Waals surface area contributed by atoms with Crippen molar-refractivity contribution < 1.29 is 0 Å². The minimum atomic E-state index is 0.895. The van der Waals surface area contributed by atoms with E-state index in [1.807, 2.05) is 12.1 Å². The molecular weight excluding hydrogens is 244 g/mol. The van der Waals surface area contributed by atoms with Crippen molar-refractivity contribution in [3.8, 4) is 0 Å². The number of hydrogen-bond donors (Lipinski definition) is 1. The number of aryl methyl sites for hydroxylation is 3. The summed E-state index contributed by atoms with van der Waals surface area (Å²) < 4.78 is 0. The zero-order chi connectivity index (χ0) is 14.1. The zero-order valence-electron chi connectivity index (χ0n) is 12.1. The largest absolute Gasteiger partial charge is 0.340 e. The summed E-state index contributed by atoms with van der Waals surface area (Å²) in [5.41, 5.74) is 5.86. The number of aromatic nitrogens is 1. The van der Waals surface area contributed by atoms with Crippen molar-refractivity contribution in [2.45, 2.75) is 20.8 Å². The molecule has 1 aromatic heterocycles. The van der Waals surface area contributed by atoms with Crippen molar-refractivity contribution in [1.82, 2.24) is 4.98 Å². The van der Waals surface area contributed by atoms with Gasteiger partial charge in [0.15, 0.2) is 0 Å². The normalized spacial score (nSPS) is 10.8. The fourth-order valence-electron chi connectivity index (χ4n) is 2.61. The standard InChI is InChI=1S/C18H18N2/c1-12-8-13(2)10-15(9-12)19-18-11-14(3)16-6-4-5-7-17(16)20-18/h4-11H,1-3H3,(H,19,20). The van der Waals surface area contributed by atoms with Gasteiger partial charge < -0.3 is 5.32 Å². The van der Waals surface area contributed by atoms with Crippen LogP contribution in [0.5, 0.6) is 0 Å². The van der Waals surface area contributed by atoms with Gasteiger partial charge in [0.05, 0.1) is 5.52 Å². The maximum Gasteiger partial charge on any atom is 0.131 e. The van der Waals surface area contributed by atoms with E-state index in [1.165, 1.54) is 22.1 Å². The fourth-order valence-corrected chi connectivity index (χ4v) is 2.61. The molecule has 0 spiro atoms. The SMILES string of the molecule is Cc1cc(C)cc(Nc2cc(C)c3ccccc3n2)c1. The Balaban J connectivity index is 2.02. The molecule has 2 heteroatoms. The number of benzene rings is 2. The number of fused-ring (bicyclic) bond motifs is 1. The van der Waals surface area contributed by atoms with E-state index < -0.39 is 0 Å². The average molecular weight is 262 g/mol. The van der Waals surface area contributed by atoms with Gasteiger partial charge in [-0.1, -0.05) is 24.3 Å². The zero-order valence-corrected chi connectivity index (χ0v) is 12.1. The van der Waals surface area contributed by atoms with E-state index in [0.717, 1.165) is 17.0 Å². The van der Waals surface area contributed by atoms with Crippen LogP contribution >= 0.6 is 0 Å². The number of hydrogen-bond acceptors (Lipinski definition) is 2. The highest BCUT2D eigenvalue weighted by atomic mass is 15.0. The van der Waals surface area contributed by atoms with E-state index in [1.54, 1.807) is 0 Å². The molecule has 0 saturated heterocycles. The van der Waals surface area contributed by atoms with Gasteiger partial charge in [-0.3, -0.25) is 0 Å². The molecule has 0 aliphatic heterocycles. The maximum absolute atomic E-state index is 4.68. The van der Waals surface area contributed by atoms with Gasteiger partial charge in [-0.05, 0) is 61.7 Å². The van der Waals surface area contributed by atoms with Gasteiger partial charge in [0, 0.05) is 11.1 Å². The van der Waals surface area contributed by atoms with Crippen molar-refractivity contribution in [3.63, 3.8) is 0 Å². The van der Waals surface area contributed by atoms with Crippen molar-refractivity contribution in [2.75, 3.05) is 5.32 Å². The van der Waals surface area contributed by atoms with Crippen LogP contribution in [0, 0.1) is 20.8 Å². The van der Waals surface area contributed by atoms with Crippen LogP contribution in [0.25, 0.3) is 10.9 Å². The predicted molar refractivity (Wildman–Crippen MR) is 85.7 cm³/mol. The van der Waals surface area contributed by atoms with Crippen molar-refractivity contribution in [1.29, 1.82) is 0 Å². The van der Waals surface area contributed by atoms with E-state index >= 15 is 0 Å². The van der Waals surface area contributed by atoms with Crippen LogP contribution in [0.1, 0.15) is 16.7 Å². The lowest BCUT2D eigenvalue weighted by Crippen LogP contribution is -1.96. The molecule has 0 saturated carbocycles. The number of nitrogens with one attached hydrogen (secondary N) is 1. The molecule has 1 heterocycles. The average Bonchev–Trinajstić information content (AvgIpc) is 2.37. The lowest BCUT2D eigenvalue weighted by molar-refractivity contribution is 1.32. The molecule has 0 aliphatic carbocycles. The summed E-state index contributed by atoms with van der Waals surface area (Å²) in [7, 11) is 0. The van der Waals surface area contributed by atoms with Gasteiger partial charge in [-0.25, -0.2) is 4.98 Å². The highest BCUT2D eigenvalue weighted by Gasteiger charge is 2.03. The monoisotopic (exact) mass is 262 g/mol. The molecule has 0 bridgehead atoms. The molecular formula is C18H18N2. The van der Waals surface area contributed by atoms with Gasteiger partial charge in [0.1, 0.15) is 5.82 Å². The van der Waals surface area contributed by atoms with Gasteiger partial charge in [0.2, 0.25) is 0 Å². The second kappa shape index (κ2) is 4.97. The summed E-state index contributed by atoms with van der Waals surface area (Å²) in [6.07, 6.45) is 0. The maximum atomic E-state index is 4.68. The van der Waals surface area contributed by atoms with Gasteiger partial charge in [-0.15, -0.1) is 0 Å². The third-order valence-electron chi connectivity index (χ3n) is 3.42. The Morgan fingerprint density at radius 2 is 1.55 bits per heavy atom. The van der Waals surface area contributed by atoms with Crippen molar-refractivity contribution in [2.24, 2.45) is 0 Å². The van der Waals surface area contributed by atoms with Gasteiger partial charge >= 0.3 is 0 Å². The Kier molecular flexibility index (Phi) is 3.15. The predicted octanol–water partition coefficient (Wildman–Crippen LogP) is 4.90. The highest BCUT2D eigenvalue weighted by molar-refractivity contribution is 5.84. The van der Waals surface area contributed by atoms with E-state index in [0.29, 0.717) is 0 Å². The summed E-state index contributed by atoms with van der Waals surface area (Å²) in [4.78, 5) is 4.68. The second-order valence-electron chi connectivity index (χ2n) is 5.34. The molecule has 0 fully saturated rings. The van der Waals surface area contributed by atoms with Crippen molar-refractivity contribution in [3.05, 3.63) is 65.2 Å². The van der Waals surface area contributed by atoms with Gasteiger partial charge in [-0.2, -0.15) is 0 Å². The molecule has 100 valence electrons. The van der Waals surface area contributed by atoms with E-state index in [9.17, 15) is 0 Å². The van der Waals surface area contributed by atoms with E-state index in [-0.39, 0.29) is 0 Å². The van der Waals surface area contributed by atoms with E-state index in [2.05, 4.69) is 67.5 Å². The van der Waals surface area contributed by atoms with Crippen LogP contribution in [-0.4, -0.2) is 4.98 Å². The minimum absolute atomic E-state index is 0.895. The molecule has 1 N–H and O–H groups in total. The van der Waals surface area contributed by atoms with Gasteiger partial charge in [0.25, 0.3) is 0 Å². The minimum Gasteiger partial charge on any atom is -0.340 e. The molecule has 2 nitrogen and oxygen atoms in total. The molecule has 0 aliphatic rings. The molecule has 0 amide bonds. The summed E-state index contributed by atoms with van der Waals surface area (Å²) in [5.74, 6) is 0.895. The molecule has 3 rings (SSSR count). The van der Waals surface area contributed by atoms with Crippen LogP contribution in [0.3, 0.4) is 0 Å². The second-order valence-corrected chi connectivity index (χ2v) is 5.34. The quantitative estimate of drug-likeness (QED) is 0.710. The first-order valence-electron chi connectivity index (χ1n) is 6.83. The first-order valence-corrected chi connectivity index (χ1v) is 6.83. The Labute approximate surface area is 119 Å². The van der Waals surface area contributed by atoms with Crippen LogP contribution in [0.2, 0.25) is 0 Å². The smallest absolute Gasteiger partial charge is 0.131 e. The number of para-hydroxylation sites is 1. The highest BCUT2D eigenvalue weighted by Crippen LogP contribution is 2.23. The lowest BCUT2D eigenvalue weighted by atomic mass is 10.1. The first-order chi connectivity index (χ1) is 9.61. The Bertz CT molecular complexity index is 755. The van der Waals surface area contributed by atoms with Crippen LogP contribution in [-0.2, 0) is 0 Å². The summed E-state index contributed by atoms with van der Waals surface area (Å²) in [5, 5.41) is 4.61. The number of pyridine rings is 1. The Morgan fingerprint density at radius 3 is 2.30 bits per heavy atom. The fraction of sp³-hybridized carbons (Fsp3) is 0.167. The molecule has 2 aromatic carbocycles. The number of rotatable bonds is 2. The third-order valence-corrected chi connectivity index (χ3v) is 3.42. The summed E-state index contributed by atoms with van der Waals surface area (Å²) >= 11 is 0. The Morgan fingerprint density at radius 1 is 0.850 bits per heavy atom. The molecule has 0 radical (unpaired) electrons. The van der Waals surface area contributed by atoms with Crippen LogP contribution in [0.15, 0.2) is 48.5 Å². The molecule has 0 atom stereocenters. The van der Waals surface area contributed by atoms with E-state index in [4.69, 9.17) is 0 Å². The van der Waals surface area contributed by atoms with Crippen LogP contribution in [0.4, 0.5) is 11.5 Å². The number of nitrogens with zero attached hydrogens (tertiary/aromatic N) is 1. The first kappa shape index (κ1) is 12.7. The third kappa shape index (κ3) is 2.50. The number of anilines is 2. The molecule has 20 heavy (non-hydrogen) atoms. The molecule has 0 unspecified atom stereocenters. The van der Waals surface area contributed by atoms with Crippen LogP contribution < -0.4 is 5.32 Å². The summed E-state index contributed by atoms with van der Waals surface area (Å²) in [6, 6.07) is 16.8. The summed E-state index contributed by atoms with van der Waals surface area (Å²) in [6.45, 7) is 6.34. The topological polar surface area (TPSA) is 24.9 Å².